The van der Waals surface area contributed by atoms with Crippen LogP contribution in [0.4, 0.5) is 5.82 Å². The van der Waals surface area contributed by atoms with Gasteiger partial charge in [-0.15, -0.1) is 0 Å². The molecule has 4 aromatic rings. The molecule has 0 radical (unpaired) electrons. The second kappa shape index (κ2) is 8.71. The quantitative estimate of drug-likeness (QED) is 0.418. The van der Waals surface area contributed by atoms with Crippen LogP contribution in [0.3, 0.4) is 0 Å². The van der Waals surface area contributed by atoms with Gasteiger partial charge in [-0.3, -0.25) is 9.69 Å². The van der Waals surface area contributed by atoms with Gasteiger partial charge in [-0.05, 0) is 36.8 Å². The molecule has 1 N–H and O–H groups in total. The second-order valence-corrected chi connectivity index (χ2v) is 8.98. The summed E-state index contributed by atoms with van der Waals surface area (Å²) >= 11 is 3.55. The molecular weight excluding hydrogens is 464 g/mol. The molecule has 1 fully saturated rings. The molecule has 0 bridgehead atoms. The minimum atomic E-state index is 0.0657. The van der Waals surface area contributed by atoms with E-state index >= 15 is 0 Å². The molecule has 5 nitrogen and oxygen atoms in total. The lowest BCUT2D eigenvalue weighted by Crippen LogP contribution is -2.50. The van der Waals surface area contributed by atoms with Gasteiger partial charge in [0.15, 0.2) is 0 Å². The first-order valence-electron chi connectivity index (χ1n) is 10.8. The Bertz CT molecular complexity index is 1280. The standard InChI is InChI=1S/C26H23BrN4O/c1-18-6-4-9-21-22(17-23(29-25(18)21)19-7-5-8-20(27)16-19)26(32)31-14-12-30(13-15-31)24-10-2-3-11-28-24/h2-11,16-17H,12-15H2,1H3/p+1. The zero-order chi connectivity index (χ0) is 22.1. The summed E-state index contributed by atoms with van der Waals surface area (Å²) in [7, 11) is 0. The number of piperazine rings is 1. The molecule has 5 rings (SSSR count). The first-order valence-corrected chi connectivity index (χ1v) is 11.6. The third-order valence-corrected chi connectivity index (χ3v) is 6.49. The summed E-state index contributed by atoms with van der Waals surface area (Å²) < 4.78 is 0.989. The number of aryl methyl sites for hydroxylation is 1. The van der Waals surface area contributed by atoms with E-state index in [9.17, 15) is 4.79 Å². The van der Waals surface area contributed by atoms with Crippen molar-refractivity contribution in [2.24, 2.45) is 0 Å². The molecule has 0 atom stereocenters. The number of fused-ring (bicyclic) bond motifs is 1. The molecule has 1 aliphatic rings. The Morgan fingerprint density at radius 2 is 1.78 bits per heavy atom. The highest BCUT2D eigenvalue weighted by Gasteiger charge is 2.28. The van der Waals surface area contributed by atoms with Crippen molar-refractivity contribution in [2.75, 3.05) is 31.1 Å². The number of nitrogens with one attached hydrogen (secondary N) is 1. The van der Waals surface area contributed by atoms with Crippen LogP contribution in [0.25, 0.3) is 22.2 Å². The van der Waals surface area contributed by atoms with E-state index in [4.69, 9.17) is 4.98 Å². The molecule has 2 aromatic heterocycles. The number of benzene rings is 2. The Morgan fingerprint density at radius 3 is 2.53 bits per heavy atom. The topological polar surface area (TPSA) is 50.6 Å². The molecule has 1 saturated heterocycles. The molecule has 0 unspecified atom stereocenters. The lowest BCUT2D eigenvalue weighted by atomic mass is 10.0. The number of carbonyl (C=O) groups excluding carboxylic acids is 1. The molecule has 1 amide bonds. The van der Waals surface area contributed by atoms with E-state index in [0.29, 0.717) is 18.7 Å². The minimum absolute atomic E-state index is 0.0657. The third-order valence-electron chi connectivity index (χ3n) is 5.99. The van der Waals surface area contributed by atoms with E-state index in [1.807, 2.05) is 78.7 Å². The Balaban J connectivity index is 1.49. The van der Waals surface area contributed by atoms with Crippen LogP contribution in [0.1, 0.15) is 15.9 Å². The Labute approximate surface area is 195 Å². The van der Waals surface area contributed by atoms with Crippen LogP contribution in [-0.4, -0.2) is 42.0 Å². The number of anilines is 1. The first kappa shape index (κ1) is 20.6. The number of pyridine rings is 2. The Hall–Kier alpha value is -3.25. The van der Waals surface area contributed by atoms with Crippen LogP contribution in [0.15, 0.2) is 77.4 Å². The highest BCUT2D eigenvalue weighted by Crippen LogP contribution is 2.29. The molecule has 0 aliphatic carbocycles. The SMILES string of the molecule is Cc1cccc2c(C(=O)N3CCN(c4cccc[nH+]4)CC3)cc(-c3cccc(Br)c3)nc12. The summed E-state index contributed by atoms with van der Waals surface area (Å²) in [5.41, 5.74) is 4.47. The van der Waals surface area contributed by atoms with Gasteiger partial charge in [0.1, 0.15) is 13.1 Å². The first-order chi connectivity index (χ1) is 15.6. The van der Waals surface area contributed by atoms with E-state index in [1.54, 1.807) is 0 Å². The van der Waals surface area contributed by atoms with Crippen LogP contribution in [0.5, 0.6) is 0 Å². The predicted octanol–water partition coefficient (Wildman–Crippen LogP) is 4.75. The summed E-state index contributed by atoms with van der Waals surface area (Å²) in [4.78, 5) is 26.1. The van der Waals surface area contributed by atoms with Crippen molar-refractivity contribution < 1.29 is 9.78 Å². The van der Waals surface area contributed by atoms with Gasteiger partial charge in [-0.2, -0.15) is 0 Å². The summed E-state index contributed by atoms with van der Waals surface area (Å²) in [6.45, 7) is 5.01. The average Bonchev–Trinajstić information content (AvgIpc) is 2.84. The normalized spacial score (nSPS) is 14.1. The van der Waals surface area contributed by atoms with E-state index in [-0.39, 0.29) is 5.91 Å². The van der Waals surface area contributed by atoms with Crippen LogP contribution in [-0.2, 0) is 0 Å². The Morgan fingerprint density at radius 1 is 0.969 bits per heavy atom. The van der Waals surface area contributed by atoms with E-state index in [0.717, 1.165) is 51.1 Å². The van der Waals surface area contributed by atoms with Crippen LogP contribution in [0, 0.1) is 6.92 Å². The van der Waals surface area contributed by atoms with Crippen molar-refractivity contribution >= 4 is 38.6 Å². The van der Waals surface area contributed by atoms with E-state index in [2.05, 4.69) is 31.9 Å². The van der Waals surface area contributed by atoms with Crippen molar-refractivity contribution in [3.63, 3.8) is 0 Å². The summed E-state index contributed by atoms with van der Waals surface area (Å²) in [5.74, 6) is 1.15. The van der Waals surface area contributed by atoms with Crippen LogP contribution in [0.2, 0.25) is 0 Å². The van der Waals surface area contributed by atoms with E-state index in [1.165, 1.54) is 0 Å². The molecule has 32 heavy (non-hydrogen) atoms. The van der Waals surface area contributed by atoms with Crippen molar-refractivity contribution in [3.8, 4) is 11.3 Å². The van der Waals surface area contributed by atoms with Crippen molar-refractivity contribution in [2.45, 2.75) is 6.92 Å². The summed E-state index contributed by atoms with van der Waals surface area (Å²) in [5, 5.41) is 0.910. The fraction of sp³-hybridized carbons (Fsp3) is 0.192. The number of carbonyl (C=O) groups is 1. The number of halogens is 1. The number of amides is 1. The monoisotopic (exact) mass is 487 g/mol. The van der Waals surface area contributed by atoms with Gasteiger partial charge in [0.05, 0.1) is 36.1 Å². The van der Waals surface area contributed by atoms with Gasteiger partial charge in [-0.1, -0.05) is 52.3 Å². The van der Waals surface area contributed by atoms with Crippen molar-refractivity contribution in [1.29, 1.82) is 0 Å². The fourth-order valence-electron chi connectivity index (χ4n) is 4.27. The zero-order valence-corrected chi connectivity index (χ0v) is 19.5. The molecule has 3 heterocycles. The lowest BCUT2D eigenvalue weighted by molar-refractivity contribution is -0.364. The highest BCUT2D eigenvalue weighted by atomic mass is 79.9. The minimum Gasteiger partial charge on any atom is -0.331 e. The van der Waals surface area contributed by atoms with Crippen LogP contribution < -0.4 is 9.88 Å². The fourth-order valence-corrected chi connectivity index (χ4v) is 4.67. The Kier molecular flexibility index (Phi) is 5.62. The number of hydrogen-bond acceptors (Lipinski definition) is 3. The number of para-hydroxylation sites is 1. The van der Waals surface area contributed by atoms with Crippen molar-refractivity contribution in [1.82, 2.24) is 9.88 Å². The molecular formula is C26H24BrN4O+. The van der Waals surface area contributed by atoms with Crippen LogP contribution >= 0.6 is 15.9 Å². The molecule has 1 aliphatic heterocycles. The average molecular weight is 488 g/mol. The molecule has 6 heteroatoms. The van der Waals surface area contributed by atoms with Gasteiger partial charge in [-0.25, -0.2) is 9.97 Å². The maximum atomic E-state index is 13.7. The molecule has 2 aromatic carbocycles. The number of H-pyrrole nitrogens is 1. The number of aromatic amines is 1. The predicted molar refractivity (Wildman–Crippen MR) is 131 cm³/mol. The number of nitrogens with zero attached hydrogens (tertiary/aromatic N) is 3. The van der Waals surface area contributed by atoms with Gasteiger partial charge < -0.3 is 4.90 Å². The highest BCUT2D eigenvalue weighted by molar-refractivity contribution is 9.10. The molecule has 0 spiro atoms. The zero-order valence-electron chi connectivity index (χ0n) is 17.9. The largest absolute Gasteiger partial charge is 0.331 e. The maximum absolute atomic E-state index is 13.7. The lowest BCUT2D eigenvalue weighted by Gasteiger charge is -2.31. The smallest absolute Gasteiger partial charge is 0.274 e. The van der Waals surface area contributed by atoms with E-state index < -0.39 is 0 Å². The molecule has 0 saturated carbocycles. The number of rotatable bonds is 3. The summed E-state index contributed by atoms with van der Waals surface area (Å²) in [6, 6.07) is 22.1. The number of aromatic nitrogens is 2. The maximum Gasteiger partial charge on any atom is 0.274 e. The summed E-state index contributed by atoms with van der Waals surface area (Å²) in [6.07, 6.45) is 1.93. The van der Waals surface area contributed by atoms with Gasteiger partial charge in [0.2, 0.25) is 0 Å². The number of hydrogen-bond donors (Lipinski definition) is 0. The molecule has 160 valence electrons. The van der Waals surface area contributed by atoms with Gasteiger partial charge in [0, 0.05) is 21.5 Å². The van der Waals surface area contributed by atoms with Gasteiger partial charge >= 0.3 is 0 Å². The van der Waals surface area contributed by atoms with Crippen molar-refractivity contribution in [3.05, 3.63) is 88.5 Å². The second-order valence-electron chi connectivity index (χ2n) is 8.06. The van der Waals surface area contributed by atoms with Gasteiger partial charge in [0.25, 0.3) is 11.7 Å². The third kappa shape index (κ3) is 3.98.